The first-order chi connectivity index (χ1) is 9.06. The fourth-order valence-electron chi connectivity index (χ4n) is 2.28. The van der Waals surface area contributed by atoms with E-state index in [2.05, 4.69) is 4.90 Å². The lowest BCUT2D eigenvalue weighted by Gasteiger charge is -2.34. The minimum Gasteiger partial charge on any atom is -0.481 e. The molecule has 104 valence electrons. The molecular weight excluding hydrogens is 289 g/mol. The number of carboxylic acid groups (broad SMARTS) is 1. The highest BCUT2D eigenvalue weighted by atomic mass is 35.5. The molecule has 0 radical (unpaired) electrons. The predicted molar refractivity (Wildman–Crippen MR) is 73.8 cm³/mol. The number of ether oxygens (including phenoxy) is 1. The van der Waals surface area contributed by atoms with Crippen LogP contribution in [0.3, 0.4) is 0 Å². The van der Waals surface area contributed by atoms with E-state index in [0.29, 0.717) is 36.3 Å². The van der Waals surface area contributed by atoms with Crippen LogP contribution in [0.15, 0.2) is 18.2 Å². The molecule has 1 heterocycles. The van der Waals surface area contributed by atoms with Crippen LogP contribution in [0, 0.1) is 0 Å². The molecule has 2 rings (SSSR count). The molecule has 6 heteroatoms. The van der Waals surface area contributed by atoms with Gasteiger partial charge in [-0.2, -0.15) is 0 Å². The van der Waals surface area contributed by atoms with Crippen molar-refractivity contribution in [2.24, 2.45) is 0 Å². The minimum absolute atomic E-state index is 0.0245. The molecule has 4 nitrogen and oxygen atoms in total. The SMILES string of the molecule is O=C(O)CC(c1cc(Cl)cc(Cl)c1)N1CCOCC1. The largest absolute Gasteiger partial charge is 0.481 e. The first kappa shape index (κ1) is 14.6. The van der Waals surface area contributed by atoms with Crippen molar-refractivity contribution in [2.45, 2.75) is 12.5 Å². The van der Waals surface area contributed by atoms with E-state index in [4.69, 9.17) is 33.0 Å². The van der Waals surface area contributed by atoms with Gasteiger partial charge in [-0.1, -0.05) is 23.2 Å². The molecule has 1 saturated heterocycles. The highest BCUT2D eigenvalue weighted by Crippen LogP contribution is 2.30. The van der Waals surface area contributed by atoms with Crippen molar-refractivity contribution in [1.82, 2.24) is 4.90 Å². The smallest absolute Gasteiger partial charge is 0.305 e. The van der Waals surface area contributed by atoms with Crippen molar-refractivity contribution in [2.75, 3.05) is 26.3 Å². The zero-order chi connectivity index (χ0) is 13.8. The Morgan fingerprint density at radius 1 is 1.26 bits per heavy atom. The molecule has 0 aliphatic carbocycles. The molecule has 1 aliphatic heterocycles. The van der Waals surface area contributed by atoms with E-state index in [-0.39, 0.29) is 12.5 Å². The fraction of sp³-hybridized carbons (Fsp3) is 0.462. The number of hydrogen-bond acceptors (Lipinski definition) is 3. The number of aliphatic carboxylic acids is 1. The third kappa shape index (κ3) is 4.08. The molecule has 0 amide bonds. The second kappa shape index (κ2) is 6.57. The van der Waals surface area contributed by atoms with Crippen molar-refractivity contribution in [3.63, 3.8) is 0 Å². The minimum atomic E-state index is -0.840. The van der Waals surface area contributed by atoms with Crippen LogP contribution in [0.1, 0.15) is 18.0 Å². The first-order valence-electron chi connectivity index (χ1n) is 6.06. The predicted octanol–water partition coefficient (Wildman–Crippen LogP) is 2.84. The summed E-state index contributed by atoms with van der Waals surface area (Å²) in [5.41, 5.74) is 0.835. The second-order valence-corrected chi connectivity index (χ2v) is 5.34. The number of halogens is 2. The molecule has 1 unspecified atom stereocenters. The van der Waals surface area contributed by atoms with Crippen LogP contribution in [0.2, 0.25) is 10.0 Å². The third-order valence-corrected chi connectivity index (χ3v) is 3.56. The quantitative estimate of drug-likeness (QED) is 0.929. The zero-order valence-corrected chi connectivity index (χ0v) is 11.8. The van der Waals surface area contributed by atoms with Gasteiger partial charge >= 0.3 is 5.97 Å². The van der Waals surface area contributed by atoms with Gasteiger partial charge in [0, 0.05) is 29.2 Å². The molecular formula is C13H15Cl2NO3. The average Bonchev–Trinajstić information content (AvgIpc) is 2.35. The molecule has 19 heavy (non-hydrogen) atoms. The maximum Gasteiger partial charge on any atom is 0.305 e. The lowest BCUT2D eigenvalue weighted by molar-refractivity contribution is -0.139. The summed E-state index contributed by atoms with van der Waals surface area (Å²) < 4.78 is 5.30. The summed E-state index contributed by atoms with van der Waals surface area (Å²) in [6.45, 7) is 2.65. The summed E-state index contributed by atoms with van der Waals surface area (Å²) in [4.78, 5) is 13.2. The molecule has 0 bridgehead atoms. The van der Waals surface area contributed by atoms with Gasteiger partial charge in [-0.25, -0.2) is 0 Å². The molecule has 1 N–H and O–H groups in total. The van der Waals surface area contributed by atoms with E-state index >= 15 is 0 Å². The molecule has 1 fully saturated rings. The van der Waals surface area contributed by atoms with Crippen LogP contribution in [-0.2, 0) is 9.53 Å². The van der Waals surface area contributed by atoms with Gasteiger partial charge in [0.25, 0.3) is 0 Å². The summed E-state index contributed by atoms with van der Waals surface area (Å²) in [5.74, 6) is -0.840. The summed E-state index contributed by atoms with van der Waals surface area (Å²) in [7, 11) is 0. The summed E-state index contributed by atoms with van der Waals surface area (Å²) in [6.07, 6.45) is 0.0245. The maximum atomic E-state index is 11.1. The number of carboxylic acids is 1. The second-order valence-electron chi connectivity index (χ2n) is 4.46. The topological polar surface area (TPSA) is 49.8 Å². The van der Waals surface area contributed by atoms with Gasteiger partial charge in [0.05, 0.1) is 19.6 Å². The van der Waals surface area contributed by atoms with Crippen LogP contribution < -0.4 is 0 Å². The Morgan fingerprint density at radius 3 is 2.37 bits per heavy atom. The Labute approximate surface area is 121 Å². The van der Waals surface area contributed by atoms with Crippen LogP contribution in [0.25, 0.3) is 0 Å². The molecule has 1 atom stereocenters. The number of carbonyl (C=O) groups is 1. The first-order valence-corrected chi connectivity index (χ1v) is 6.81. The number of rotatable bonds is 4. The van der Waals surface area contributed by atoms with Gasteiger partial charge in [-0.15, -0.1) is 0 Å². The normalized spacial score (nSPS) is 18.2. The van der Waals surface area contributed by atoms with Gasteiger partial charge in [-0.3, -0.25) is 9.69 Å². The Balaban J connectivity index is 2.27. The Hall–Kier alpha value is -0.810. The molecule has 1 aliphatic rings. The van der Waals surface area contributed by atoms with Gasteiger partial charge in [0.1, 0.15) is 0 Å². The number of morpholine rings is 1. The Bertz CT molecular complexity index is 441. The lowest BCUT2D eigenvalue weighted by atomic mass is 10.0. The van der Waals surface area contributed by atoms with Crippen molar-refractivity contribution in [3.8, 4) is 0 Å². The summed E-state index contributed by atoms with van der Waals surface area (Å²) >= 11 is 12.0. The van der Waals surface area contributed by atoms with Gasteiger partial charge < -0.3 is 9.84 Å². The van der Waals surface area contributed by atoms with E-state index in [1.54, 1.807) is 18.2 Å². The van der Waals surface area contributed by atoms with Crippen molar-refractivity contribution in [3.05, 3.63) is 33.8 Å². The molecule has 0 aromatic heterocycles. The van der Waals surface area contributed by atoms with Crippen molar-refractivity contribution >= 4 is 29.2 Å². The molecule has 0 spiro atoms. The van der Waals surface area contributed by atoms with Crippen molar-refractivity contribution in [1.29, 1.82) is 0 Å². The van der Waals surface area contributed by atoms with Crippen molar-refractivity contribution < 1.29 is 14.6 Å². The van der Waals surface area contributed by atoms with Crippen LogP contribution in [0.4, 0.5) is 0 Å². The van der Waals surface area contributed by atoms with Gasteiger partial charge in [-0.05, 0) is 23.8 Å². The zero-order valence-electron chi connectivity index (χ0n) is 10.3. The van der Waals surface area contributed by atoms with E-state index in [0.717, 1.165) is 5.56 Å². The highest BCUT2D eigenvalue weighted by molar-refractivity contribution is 6.34. The van der Waals surface area contributed by atoms with E-state index in [1.165, 1.54) is 0 Å². The monoisotopic (exact) mass is 303 g/mol. The average molecular weight is 304 g/mol. The maximum absolute atomic E-state index is 11.1. The van der Waals surface area contributed by atoms with E-state index < -0.39 is 5.97 Å². The van der Waals surface area contributed by atoms with Crippen LogP contribution in [0.5, 0.6) is 0 Å². The summed E-state index contributed by atoms with van der Waals surface area (Å²) in [5, 5.41) is 10.1. The lowest BCUT2D eigenvalue weighted by Crippen LogP contribution is -2.39. The standard InChI is InChI=1S/C13H15Cl2NO3/c14-10-5-9(6-11(15)7-10)12(8-13(17)18)16-1-3-19-4-2-16/h5-7,12H,1-4,8H2,(H,17,18). The Morgan fingerprint density at radius 2 is 1.84 bits per heavy atom. The van der Waals surface area contributed by atoms with Gasteiger partial charge in [0.2, 0.25) is 0 Å². The number of hydrogen-bond donors (Lipinski definition) is 1. The third-order valence-electron chi connectivity index (χ3n) is 3.12. The van der Waals surface area contributed by atoms with E-state index in [9.17, 15) is 4.79 Å². The van der Waals surface area contributed by atoms with Crippen LogP contribution in [-0.4, -0.2) is 42.3 Å². The van der Waals surface area contributed by atoms with Gasteiger partial charge in [0.15, 0.2) is 0 Å². The highest BCUT2D eigenvalue weighted by Gasteiger charge is 2.25. The molecule has 0 saturated carbocycles. The molecule has 1 aromatic rings. The summed E-state index contributed by atoms with van der Waals surface area (Å²) in [6, 6.07) is 4.97. The fourth-order valence-corrected chi connectivity index (χ4v) is 2.82. The Kier molecular flexibility index (Phi) is 5.05. The van der Waals surface area contributed by atoms with Crippen LogP contribution >= 0.6 is 23.2 Å². The van der Waals surface area contributed by atoms with E-state index in [1.807, 2.05) is 0 Å². The number of nitrogens with zero attached hydrogens (tertiary/aromatic N) is 1. The molecule has 1 aromatic carbocycles. The number of benzene rings is 1.